The lowest BCUT2D eigenvalue weighted by Crippen LogP contribution is -2.30. The summed E-state index contributed by atoms with van der Waals surface area (Å²) in [6.07, 6.45) is 0.484. The van der Waals surface area contributed by atoms with Crippen LogP contribution in [0.5, 0.6) is 11.5 Å². The maximum absolute atomic E-state index is 13.4. The zero-order valence-corrected chi connectivity index (χ0v) is 21.2. The summed E-state index contributed by atoms with van der Waals surface area (Å²) in [6, 6.07) is 19.8. The lowest BCUT2D eigenvalue weighted by molar-refractivity contribution is 0.0504. The van der Waals surface area contributed by atoms with Crippen molar-refractivity contribution < 1.29 is 32.2 Å². The molecule has 0 aliphatic carbocycles. The van der Waals surface area contributed by atoms with E-state index in [-0.39, 0.29) is 30.5 Å². The third kappa shape index (κ3) is 5.92. The summed E-state index contributed by atoms with van der Waals surface area (Å²) in [5.41, 5.74) is 2.91. The third-order valence-corrected chi connectivity index (χ3v) is 6.82. The topological polar surface area (TPSA) is 115 Å². The summed E-state index contributed by atoms with van der Waals surface area (Å²) in [4.78, 5) is 16.7. The molecule has 0 saturated heterocycles. The molecule has 10 heteroatoms. The first-order chi connectivity index (χ1) is 18.1. The predicted molar refractivity (Wildman–Crippen MR) is 139 cm³/mol. The first-order valence-corrected chi connectivity index (χ1v) is 13.8. The number of sulfonamides is 1. The normalized spacial score (nSPS) is 16.9. The Morgan fingerprint density at radius 1 is 1.13 bits per heavy atom. The van der Waals surface area contributed by atoms with E-state index in [0.717, 1.165) is 11.8 Å². The van der Waals surface area contributed by atoms with Crippen molar-refractivity contribution in [2.24, 2.45) is 5.92 Å². The lowest BCUT2D eigenvalue weighted by Gasteiger charge is -2.30. The highest BCUT2D eigenvalue weighted by atomic mass is 32.2. The van der Waals surface area contributed by atoms with Crippen LogP contribution < -0.4 is 14.2 Å². The monoisotopic (exact) mass is 536 g/mol. The van der Waals surface area contributed by atoms with Gasteiger partial charge in [0.25, 0.3) is 5.91 Å². The van der Waals surface area contributed by atoms with E-state index in [1.54, 1.807) is 48.5 Å². The number of fused-ring (bicyclic) bond motifs is 2. The number of nitrogens with zero attached hydrogens (tertiary/aromatic N) is 1. The average Bonchev–Trinajstić information content (AvgIpc) is 2.88. The number of aromatic nitrogens is 1. The molecule has 1 amide bonds. The van der Waals surface area contributed by atoms with Crippen molar-refractivity contribution in [2.45, 2.75) is 19.1 Å². The van der Waals surface area contributed by atoms with Crippen molar-refractivity contribution in [1.29, 1.82) is 0 Å². The van der Waals surface area contributed by atoms with Gasteiger partial charge in [0, 0.05) is 22.4 Å². The first-order valence-electron chi connectivity index (χ1n) is 11.9. The van der Waals surface area contributed by atoms with Gasteiger partial charge in [0.1, 0.15) is 23.9 Å². The first kappa shape index (κ1) is 25.6. The molecule has 3 aromatic carbocycles. The summed E-state index contributed by atoms with van der Waals surface area (Å²) in [6.45, 7) is 0.463. The second-order valence-corrected chi connectivity index (χ2v) is 11.0. The number of rotatable bonds is 7. The number of amides is 1. The van der Waals surface area contributed by atoms with Crippen LogP contribution in [0, 0.1) is 11.7 Å². The van der Waals surface area contributed by atoms with E-state index in [2.05, 4.69) is 4.98 Å². The number of pyridine rings is 1. The van der Waals surface area contributed by atoms with Crippen molar-refractivity contribution in [2.75, 3.05) is 12.9 Å². The molecule has 1 aliphatic rings. The average molecular weight is 537 g/mol. The molecule has 0 spiro atoms. The number of nitrogens with one attached hydrogen (secondary N) is 1. The Bertz CT molecular complexity index is 1630. The standard InChI is InChI=1S/C28H25FN2O6S/c1-38(34,35)31-28(33)19-4-2-3-17(11-19)12-20-15-37-26-10-8-23(14-24(26)27(20)32)36-16-22-7-5-18-13-21(29)6-9-25(18)30-22/h2-11,13-14,20,27,32H,12,15-16H2,1H3,(H,31,33)/t20-,27-/m0/s1. The molecule has 2 N–H and O–H groups in total. The molecule has 0 bridgehead atoms. The Labute approximate surface area is 219 Å². The maximum atomic E-state index is 13.4. The van der Waals surface area contributed by atoms with Gasteiger partial charge < -0.3 is 14.6 Å². The SMILES string of the molecule is CS(=O)(=O)NC(=O)c1cccc(C[C@H]2COc3ccc(OCc4ccc5cc(F)ccc5n4)cc3[C@H]2O)c1. The van der Waals surface area contributed by atoms with Crippen molar-refractivity contribution in [3.63, 3.8) is 0 Å². The second kappa shape index (κ2) is 10.4. The van der Waals surface area contributed by atoms with E-state index in [1.807, 2.05) is 10.8 Å². The summed E-state index contributed by atoms with van der Waals surface area (Å²) < 4.78 is 49.9. The molecule has 2 atom stereocenters. The zero-order valence-electron chi connectivity index (χ0n) is 20.4. The number of aliphatic hydroxyl groups is 1. The highest BCUT2D eigenvalue weighted by molar-refractivity contribution is 7.89. The molecule has 38 heavy (non-hydrogen) atoms. The Balaban J connectivity index is 1.27. The van der Waals surface area contributed by atoms with Gasteiger partial charge in [-0.2, -0.15) is 0 Å². The fourth-order valence-electron chi connectivity index (χ4n) is 4.44. The lowest BCUT2D eigenvalue weighted by atomic mass is 9.87. The molecule has 0 unspecified atom stereocenters. The Morgan fingerprint density at radius 2 is 1.97 bits per heavy atom. The smallest absolute Gasteiger partial charge is 0.264 e. The molecule has 8 nitrogen and oxygen atoms in total. The molecular weight excluding hydrogens is 511 g/mol. The molecule has 4 aromatic rings. The van der Waals surface area contributed by atoms with Crippen LogP contribution in [0.4, 0.5) is 4.39 Å². The van der Waals surface area contributed by atoms with Gasteiger partial charge in [-0.3, -0.25) is 4.79 Å². The van der Waals surface area contributed by atoms with Gasteiger partial charge in [-0.1, -0.05) is 18.2 Å². The molecule has 1 aromatic heterocycles. The number of hydrogen-bond acceptors (Lipinski definition) is 7. The molecular formula is C28H25FN2O6S. The zero-order chi connectivity index (χ0) is 26.9. The van der Waals surface area contributed by atoms with Crippen LogP contribution in [-0.4, -0.2) is 37.3 Å². The number of ether oxygens (including phenoxy) is 2. The van der Waals surface area contributed by atoms with Crippen molar-refractivity contribution in [3.05, 3.63) is 101 Å². The summed E-state index contributed by atoms with van der Waals surface area (Å²) >= 11 is 0. The van der Waals surface area contributed by atoms with E-state index < -0.39 is 22.0 Å². The molecule has 0 fully saturated rings. The van der Waals surface area contributed by atoms with Crippen LogP contribution in [0.3, 0.4) is 0 Å². The largest absolute Gasteiger partial charge is 0.493 e. The highest BCUT2D eigenvalue weighted by Gasteiger charge is 2.30. The predicted octanol–water partition coefficient (Wildman–Crippen LogP) is 3.93. The summed E-state index contributed by atoms with van der Waals surface area (Å²) in [5.74, 6) is -0.231. The maximum Gasteiger partial charge on any atom is 0.264 e. The van der Waals surface area contributed by atoms with Crippen molar-refractivity contribution >= 4 is 26.8 Å². The van der Waals surface area contributed by atoms with E-state index in [1.165, 1.54) is 18.2 Å². The number of hydrogen-bond donors (Lipinski definition) is 2. The van der Waals surface area contributed by atoms with Crippen LogP contribution in [-0.2, 0) is 23.1 Å². The van der Waals surface area contributed by atoms with E-state index in [9.17, 15) is 22.7 Å². The molecule has 0 saturated carbocycles. The fourth-order valence-corrected chi connectivity index (χ4v) is 4.89. The van der Waals surface area contributed by atoms with Crippen LogP contribution >= 0.6 is 0 Å². The third-order valence-electron chi connectivity index (χ3n) is 6.26. The van der Waals surface area contributed by atoms with Crippen molar-refractivity contribution in [3.8, 4) is 11.5 Å². The molecule has 1 aliphatic heterocycles. The van der Waals surface area contributed by atoms with Gasteiger partial charge in [0.15, 0.2) is 0 Å². The van der Waals surface area contributed by atoms with Gasteiger partial charge in [-0.25, -0.2) is 22.5 Å². The molecule has 2 heterocycles. The van der Waals surface area contributed by atoms with Gasteiger partial charge in [0.2, 0.25) is 10.0 Å². The number of halogens is 1. The number of carbonyl (C=O) groups excluding carboxylic acids is 1. The fraction of sp³-hybridized carbons (Fsp3) is 0.214. The van der Waals surface area contributed by atoms with Gasteiger partial charge in [-0.15, -0.1) is 0 Å². The van der Waals surface area contributed by atoms with Gasteiger partial charge >= 0.3 is 0 Å². The van der Waals surface area contributed by atoms with Crippen LogP contribution in [0.25, 0.3) is 10.9 Å². The molecule has 0 radical (unpaired) electrons. The van der Waals surface area contributed by atoms with Crippen molar-refractivity contribution in [1.82, 2.24) is 9.71 Å². The van der Waals surface area contributed by atoms with Crippen LogP contribution in [0.2, 0.25) is 0 Å². The van der Waals surface area contributed by atoms with E-state index in [0.29, 0.717) is 40.1 Å². The number of aliphatic hydroxyl groups excluding tert-OH is 1. The minimum atomic E-state index is -3.68. The minimum absolute atomic E-state index is 0.189. The number of carbonyl (C=O) groups is 1. The summed E-state index contributed by atoms with van der Waals surface area (Å²) in [5, 5.41) is 11.8. The minimum Gasteiger partial charge on any atom is -0.493 e. The van der Waals surface area contributed by atoms with E-state index in [4.69, 9.17) is 9.47 Å². The highest BCUT2D eigenvalue weighted by Crippen LogP contribution is 2.39. The Hall–Kier alpha value is -4.02. The second-order valence-electron chi connectivity index (χ2n) is 9.25. The quantitative estimate of drug-likeness (QED) is 0.368. The summed E-state index contributed by atoms with van der Waals surface area (Å²) in [7, 11) is -3.68. The molecule has 196 valence electrons. The number of benzene rings is 3. The molecule has 5 rings (SSSR count). The van der Waals surface area contributed by atoms with Gasteiger partial charge in [0.05, 0.1) is 30.2 Å². The Kier molecular flexibility index (Phi) is 7.00. The van der Waals surface area contributed by atoms with Crippen LogP contribution in [0.15, 0.2) is 72.8 Å². The Morgan fingerprint density at radius 3 is 2.79 bits per heavy atom. The van der Waals surface area contributed by atoms with E-state index >= 15 is 0 Å². The van der Waals surface area contributed by atoms with Gasteiger partial charge in [-0.05, 0) is 66.6 Å². The van der Waals surface area contributed by atoms with Crippen LogP contribution in [0.1, 0.15) is 33.3 Å².